The van der Waals surface area contributed by atoms with E-state index in [1.54, 1.807) is 30.3 Å². The van der Waals surface area contributed by atoms with E-state index in [0.717, 1.165) is 6.92 Å². The van der Waals surface area contributed by atoms with Crippen LogP contribution < -0.4 is 9.46 Å². The summed E-state index contributed by atoms with van der Waals surface area (Å²) in [6, 6.07) is 8.54. The molecule has 0 aliphatic carbocycles. The fourth-order valence-corrected chi connectivity index (χ4v) is 2.27. The predicted octanol–water partition coefficient (Wildman–Crippen LogP) is 2.34. The maximum Gasteiger partial charge on any atom is 0.308 e. The fourth-order valence-electron chi connectivity index (χ4n) is 1.71. The highest BCUT2D eigenvalue weighted by Gasteiger charge is 2.26. The van der Waals surface area contributed by atoms with Crippen LogP contribution in [0.25, 0.3) is 11.3 Å². The molecular weight excluding hydrogens is 310 g/mol. The number of aromatic hydroxyl groups is 1. The minimum absolute atomic E-state index is 0.00523. The van der Waals surface area contributed by atoms with E-state index in [2.05, 4.69) is 4.72 Å². The highest BCUT2D eigenvalue weighted by molar-refractivity contribution is 7.92. The number of nitrogens with one attached hydrogen (secondary N) is 1. The Hall–Kier alpha value is -2.48. The summed E-state index contributed by atoms with van der Waals surface area (Å²) in [4.78, 5) is 11.1. The molecule has 7 nitrogen and oxygen atoms in total. The second-order valence-electron chi connectivity index (χ2n) is 4.40. The number of carbonyl (C=O) groups excluding carboxylic acids is 1. The summed E-state index contributed by atoms with van der Waals surface area (Å²) in [7, 11) is -3.66. The third-order valence-corrected chi connectivity index (χ3v) is 4.01. The summed E-state index contributed by atoms with van der Waals surface area (Å²) in [5, 5.41) is 10.2. The van der Waals surface area contributed by atoms with Gasteiger partial charge in [0.2, 0.25) is 21.5 Å². The SMILES string of the molecule is CCS(=O)(=O)Nc1oc(-c2ccccc2)c(O)c1OC(C)=O. The van der Waals surface area contributed by atoms with Crippen molar-refractivity contribution >= 4 is 21.9 Å². The Bertz CT molecular complexity index is 779. The Balaban J connectivity index is 2.54. The van der Waals surface area contributed by atoms with Gasteiger partial charge in [-0.1, -0.05) is 30.3 Å². The fraction of sp³-hybridized carbons (Fsp3) is 0.214. The van der Waals surface area contributed by atoms with Crippen LogP contribution in [-0.4, -0.2) is 25.2 Å². The molecule has 2 aromatic rings. The molecule has 1 aromatic carbocycles. The van der Waals surface area contributed by atoms with E-state index in [1.807, 2.05) is 0 Å². The lowest BCUT2D eigenvalue weighted by atomic mass is 10.1. The highest BCUT2D eigenvalue weighted by Crippen LogP contribution is 2.46. The molecule has 0 unspecified atom stereocenters. The smallest absolute Gasteiger partial charge is 0.308 e. The zero-order valence-corrected chi connectivity index (χ0v) is 12.8. The zero-order chi connectivity index (χ0) is 16.3. The van der Waals surface area contributed by atoms with E-state index < -0.39 is 21.7 Å². The normalized spacial score (nSPS) is 11.2. The van der Waals surface area contributed by atoms with Gasteiger partial charge in [-0.2, -0.15) is 0 Å². The van der Waals surface area contributed by atoms with Crippen LogP contribution in [0.3, 0.4) is 0 Å². The van der Waals surface area contributed by atoms with Gasteiger partial charge in [-0.3, -0.25) is 4.79 Å². The molecule has 0 saturated carbocycles. The third kappa shape index (κ3) is 3.40. The van der Waals surface area contributed by atoms with Gasteiger partial charge >= 0.3 is 5.97 Å². The number of hydrogen-bond acceptors (Lipinski definition) is 6. The first kappa shape index (κ1) is 15.9. The van der Waals surface area contributed by atoms with E-state index in [1.165, 1.54) is 6.92 Å². The molecule has 0 aliphatic heterocycles. The molecule has 8 heteroatoms. The molecule has 1 heterocycles. The molecule has 0 fully saturated rings. The number of ether oxygens (including phenoxy) is 1. The van der Waals surface area contributed by atoms with Crippen molar-refractivity contribution in [2.45, 2.75) is 13.8 Å². The summed E-state index contributed by atoms with van der Waals surface area (Å²) in [6.45, 7) is 2.57. The second kappa shape index (κ2) is 6.10. The molecule has 1 aromatic heterocycles. The maximum atomic E-state index is 11.7. The van der Waals surface area contributed by atoms with Crippen molar-refractivity contribution in [3.8, 4) is 22.8 Å². The Morgan fingerprint density at radius 3 is 2.50 bits per heavy atom. The third-order valence-electron chi connectivity index (χ3n) is 2.75. The molecule has 0 radical (unpaired) electrons. The lowest BCUT2D eigenvalue weighted by molar-refractivity contribution is -0.131. The molecule has 118 valence electrons. The predicted molar refractivity (Wildman–Crippen MR) is 80.2 cm³/mol. The molecule has 0 saturated heterocycles. The van der Waals surface area contributed by atoms with E-state index in [9.17, 15) is 18.3 Å². The van der Waals surface area contributed by atoms with Gasteiger partial charge in [0.15, 0.2) is 5.76 Å². The maximum absolute atomic E-state index is 11.7. The summed E-state index contributed by atoms with van der Waals surface area (Å²) in [5.41, 5.74) is 0.510. The van der Waals surface area contributed by atoms with Gasteiger partial charge in [-0.25, -0.2) is 13.1 Å². The van der Waals surface area contributed by atoms with Crippen LogP contribution >= 0.6 is 0 Å². The Morgan fingerprint density at radius 2 is 1.95 bits per heavy atom. The van der Waals surface area contributed by atoms with Crippen LogP contribution in [0.15, 0.2) is 34.7 Å². The molecular formula is C14H15NO6S. The number of benzene rings is 1. The van der Waals surface area contributed by atoms with Gasteiger partial charge in [0.1, 0.15) is 0 Å². The summed E-state index contributed by atoms with van der Waals surface area (Å²) in [6.07, 6.45) is 0. The molecule has 0 aliphatic rings. The van der Waals surface area contributed by atoms with Crippen LogP contribution in [0, 0.1) is 0 Å². The van der Waals surface area contributed by atoms with Crippen molar-refractivity contribution < 1.29 is 27.5 Å². The monoisotopic (exact) mass is 325 g/mol. The Kier molecular flexibility index (Phi) is 4.41. The Morgan fingerprint density at radius 1 is 1.32 bits per heavy atom. The molecule has 0 spiro atoms. The minimum atomic E-state index is -3.66. The molecule has 0 amide bonds. The number of esters is 1. The standard InChI is InChI=1S/C14H15NO6S/c1-3-22(18,19)15-14-13(20-9(2)16)11(17)12(21-14)10-7-5-4-6-8-10/h4-8,15,17H,3H2,1-2H3. The lowest BCUT2D eigenvalue weighted by Crippen LogP contribution is -2.15. The van der Waals surface area contributed by atoms with Crippen LogP contribution in [0.2, 0.25) is 0 Å². The van der Waals surface area contributed by atoms with Crippen molar-refractivity contribution in [2.75, 3.05) is 10.5 Å². The van der Waals surface area contributed by atoms with Gasteiger partial charge in [-0.05, 0) is 6.92 Å². The molecule has 22 heavy (non-hydrogen) atoms. The largest absolute Gasteiger partial charge is 0.502 e. The number of sulfonamides is 1. The van der Waals surface area contributed by atoms with Crippen molar-refractivity contribution in [1.82, 2.24) is 0 Å². The summed E-state index contributed by atoms with van der Waals surface area (Å²) >= 11 is 0. The molecule has 0 atom stereocenters. The van der Waals surface area contributed by atoms with Crippen LogP contribution in [0.1, 0.15) is 13.8 Å². The van der Waals surface area contributed by atoms with Gasteiger partial charge in [-0.15, -0.1) is 0 Å². The number of carbonyl (C=O) groups is 1. The van der Waals surface area contributed by atoms with E-state index in [4.69, 9.17) is 9.15 Å². The number of hydrogen-bond donors (Lipinski definition) is 2. The van der Waals surface area contributed by atoms with E-state index in [0.29, 0.717) is 5.56 Å². The van der Waals surface area contributed by atoms with Crippen LogP contribution in [0.5, 0.6) is 11.5 Å². The summed E-state index contributed by atoms with van der Waals surface area (Å²) < 4.78 is 35.7. The van der Waals surface area contributed by atoms with Gasteiger partial charge in [0, 0.05) is 12.5 Å². The molecule has 0 bridgehead atoms. The highest BCUT2D eigenvalue weighted by atomic mass is 32.2. The lowest BCUT2D eigenvalue weighted by Gasteiger charge is -2.04. The first-order chi connectivity index (χ1) is 10.3. The van der Waals surface area contributed by atoms with Crippen molar-refractivity contribution in [3.63, 3.8) is 0 Å². The molecule has 2 rings (SSSR count). The average Bonchev–Trinajstić information content (AvgIpc) is 2.76. The second-order valence-corrected chi connectivity index (χ2v) is 6.41. The van der Waals surface area contributed by atoms with Gasteiger partial charge in [0.25, 0.3) is 5.88 Å². The topological polar surface area (TPSA) is 106 Å². The summed E-state index contributed by atoms with van der Waals surface area (Å²) in [5.74, 6) is -2.06. The number of furan rings is 1. The van der Waals surface area contributed by atoms with Crippen LogP contribution in [-0.2, 0) is 14.8 Å². The quantitative estimate of drug-likeness (QED) is 0.817. The van der Waals surface area contributed by atoms with Crippen molar-refractivity contribution in [2.24, 2.45) is 0 Å². The first-order valence-corrected chi connectivity index (χ1v) is 8.09. The van der Waals surface area contributed by atoms with Crippen LogP contribution in [0.4, 0.5) is 5.88 Å². The Labute approximate surface area is 127 Å². The number of rotatable bonds is 5. The minimum Gasteiger partial charge on any atom is -0.502 e. The van der Waals surface area contributed by atoms with E-state index >= 15 is 0 Å². The number of anilines is 1. The van der Waals surface area contributed by atoms with Gasteiger partial charge in [0.05, 0.1) is 5.75 Å². The van der Waals surface area contributed by atoms with Crippen molar-refractivity contribution in [3.05, 3.63) is 30.3 Å². The average molecular weight is 325 g/mol. The first-order valence-electron chi connectivity index (χ1n) is 6.44. The zero-order valence-electron chi connectivity index (χ0n) is 12.0. The molecule has 2 N–H and O–H groups in total. The van der Waals surface area contributed by atoms with Gasteiger partial charge < -0.3 is 14.3 Å². The van der Waals surface area contributed by atoms with Crippen molar-refractivity contribution in [1.29, 1.82) is 0 Å². The van der Waals surface area contributed by atoms with E-state index in [-0.39, 0.29) is 23.1 Å².